The van der Waals surface area contributed by atoms with E-state index in [2.05, 4.69) is 31.1 Å². The second kappa shape index (κ2) is 5.26. The molecule has 1 aromatic heterocycles. The van der Waals surface area contributed by atoms with Crippen LogP contribution in [0.2, 0.25) is 0 Å². The molecule has 0 saturated heterocycles. The standard InChI is InChI=1S/C11H9BrFN3O2/c1-2-18-11(17)10-14-9(15-16-10)6-4-3-5-7(13)8(6)12/h3-5H,2H2,1H3,(H,14,15,16). The van der Waals surface area contributed by atoms with Gasteiger partial charge in [0.25, 0.3) is 0 Å². The van der Waals surface area contributed by atoms with Crippen molar-refractivity contribution in [1.29, 1.82) is 0 Å². The molecule has 0 fully saturated rings. The Morgan fingerprint density at radius 1 is 1.56 bits per heavy atom. The largest absolute Gasteiger partial charge is 0.460 e. The van der Waals surface area contributed by atoms with Gasteiger partial charge in [0.1, 0.15) is 5.82 Å². The van der Waals surface area contributed by atoms with Crippen LogP contribution in [0.1, 0.15) is 17.5 Å². The third-order valence-electron chi connectivity index (χ3n) is 2.15. The molecule has 2 aromatic rings. The quantitative estimate of drug-likeness (QED) is 0.884. The van der Waals surface area contributed by atoms with Crippen molar-refractivity contribution in [2.45, 2.75) is 6.92 Å². The van der Waals surface area contributed by atoms with Gasteiger partial charge in [-0.1, -0.05) is 6.07 Å². The number of carbonyl (C=O) groups excluding carboxylic acids is 1. The highest BCUT2D eigenvalue weighted by molar-refractivity contribution is 9.10. The first kappa shape index (κ1) is 12.7. The number of carbonyl (C=O) groups is 1. The zero-order chi connectivity index (χ0) is 13.1. The number of esters is 1. The molecule has 0 saturated carbocycles. The minimum Gasteiger partial charge on any atom is -0.460 e. The van der Waals surface area contributed by atoms with Gasteiger partial charge in [-0.2, -0.15) is 5.10 Å². The number of hydrogen-bond donors (Lipinski definition) is 1. The van der Waals surface area contributed by atoms with Crippen LogP contribution in [0.15, 0.2) is 22.7 Å². The van der Waals surface area contributed by atoms with E-state index in [0.29, 0.717) is 5.56 Å². The molecule has 0 atom stereocenters. The molecule has 0 spiro atoms. The normalized spacial score (nSPS) is 10.4. The second-order valence-corrected chi connectivity index (χ2v) is 4.12. The van der Waals surface area contributed by atoms with Crippen LogP contribution in [0.4, 0.5) is 4.39 Å². The van der Waals surface area contributed by atoms with E-state index in [1.165, 1.54) is 12.1 Å². The predicted molar refractivity (Wildman–Crippen MR) is 65.4 cm³/mol. The first-order valence-electron chi connectivity index (χ1n) is 5.17. The van der Waals surface area contributed by atoms with Gasteiger partial charge in [-0.05, 0) is 35.0 Å². The molecule has 1 N–H and O–H groups in total. The summed E-state index contributed by atoms with van der Waals surface area (Å²) in [5.41, 5.74) is 0.460. The van der Waals surface area contributed by atoms with Crippen LogP contribution in [-0.4, -0.2) is 27.8 Å². The Labute approximate surface area is 111 Å². The molecule has 0 amide bonds. The lowest BCUT2D eigenvalue weighted by Crippen LogP contribution is -2.06. The number of aromatic amines is 1. The Hall–Kier alpha value is -1.76. The lowest BCUT2D eigenvalue weighted by atomic mass is 10.2. The second-order valence-electron chi connectivity index (χ2n) is 3.33. The van der Waals surface area contributed by atoms with Crippen LogP contribution in [0.3, 0.4) is 0 Å². The average molecular weight is 314 g/mol. The fraction of sp³-hybridized carbons (Fsp3) is 0.182. The van der Waals surface area contributed by atoms with E-state index in [4.69, 9.17) is 4.74 Å². The molecule has 94 valence electrons. The summed E-state index contributed by atoms with van der Waals surface area (Å²) in [5.74, 6) is -0.800. The van der Waals surface area contributed by atoms with Gasteiger partial charge in [0.15, 0.2) is 5.82 Å². The van der Waals surface area contributed by atoms with Crippen molar-refractivity contribution in [3.05, 3.63) is 34.3 Å². The van der Waals surface area contributed by atoms with Crippen LogP contribution in [0, 0.1) is 5.82 Å². The lowest BCUT2D eigenvalue weighted by Gasteiger charge is -1.99. The molecule has 0 radical (unpaired) electrons. The van der Waals surface area contributed by atoms with Gasteiger partial charge < -0.3 is 4.74 Å². The molecule has 0 aliphatic carbocycles. The number of nitrogens with one attached hydrogen (secondary N) is 1. The molecule has 0 aliphatic rings. The molecule has 0 aliphatic heterocycles. The maximum atomic E-state index is 13.3. The van der Waals surface area contributed by atoms with Crippen LogP contribution in [-0.2, 0) is 4.74 Å². The van der Waals surface area contributed by atoms with Crippen LogP contribution in [0.5, 0.6) is 0 Å². The Morgan fingerprint density at radius 3 is 3.06 bits per heavy atom. The zero-order valence-corrected chi connectivity index (χ0v) is 11.0. The maximum absolute atomic E-state index is 13.3. The van der Waals surface area contributed by atoms with E-state index in [-0.39, 0.29) is 22.7 Å². The predicted octanol–water partition coefficient (Wildman–Crippen LogP) is 2.55. The zero-order valence-electron chi connectivity index (χ0n) is 9.41. The van der Waals surface area contributed by atoms with E-state index < -0.39 is 11.8 Å². The Kier molecular flexibility index (Phi) is 3.71. The first-order chi connectivity index (χ1) is 8.63. The molecule has 2 rings (SSSR count). The van der Waals surface area contributed by atoms with Gasteiger partial charge in [0.05, 0.1) is 11.1 Å². The number of rotatable bonds is 3. The first-order valence-corrected chi connectivity index (χ1v) is 5.96. The highest BCUT2D eigenvalue weighted by atomic mass is 79.9. The molecule has 1 aromatic carbocycles. The van der Waals surface area contributed by atoms with Crippen molar-refractivity contribution in [3.8, 4) is 11.4 Å². The molecule has 18 heavy (non-hydrogen) atoms. The highest BCUT2D eigenvalue weighted by Gasteiger charge is 2.16. The molecular formula is C11H9BrFN3O2. The minimum absolute atomic E-state index is 0.0111. The van der Waals surface area contributed by atoms with Gasteiger partial charge in [0, 0.05) is 5.56 Å². The monoisotopic (exact) mass is 313 g/mol. The van der Waals surface area contributed by atoms with E-state index in [1.807, 2.05) is 0 Å². The highest BCUT2D eigenvalue weighted by Crippen LogP contribution is 2.27. The van der Waals surface area contributed by atoms with Gasteiger partial charge in [-0.15, -0.1) is 0 Å². The van der Waals surface area contributed by atoms with E-state index in [1.54, 1.807) is 13.0 Å². The Bertz CT molecular complexity index is 585. The Balaban J connectivity index is 2.35. The molecule has 7 heteroatoms. The summed E-state index contributed by atoms with van der Waals surface area (Å²) in [7, 11) is 0. The number of ether oxygens (including phenoxy) is 1. The molecular weight excluding hydrogens is 305 g/mol. The molecule has 0 unspecified atom stereocenters. The van der Waals surface area contributed by atoms with Gasteiger partial charge in [0.2, 0.25) is 5.82 Å². The van der Waals surface area contributed by atoms with E-state index in [0.717, 1.165) is 0 Å². The topological polar surface area (TPSA) is 67.9 Å². The molecule has 5 nitrogen and oxygen atoms in total. The maximum Gasteiger partial charge on any atom is 0.375 e. The third kappa shape index (κ3) is 2.40. The summed E-state index contributed by atoms with van der Waals surface area (Å²) >= 11 is 3.11. The smallest absolute Gasteiger partial charge is 0.375 e. The average Bonchev–Trinajstić information content (AvgIpc) is 2.82. The van der Waals surface area contributed by atoms with Crippen molar-refractivity contribution in [2.75, 3.05) is 6.61 Å². The minimum atomic E-state index is -0.594. The van der Waals surface area contributed by atoms with Crippen molar-refractivity contribution in [2.24, 2.45) is 0 Å². The van der Waals surface area contributed by atoms with E-state index >= 15 is 0 Å². The lowest BCUT2D eigenvalue weighted by molar-refractivity contribution is 0.0512. The fourth-order valence-electron chi connectivity index (χ4n) is 1.35. The fourth-order valence-corrected chi connectivity index (χ4v) is 1.79. The van der Waals surface area contributed by atoms with Gasteiger partial charge >= 0.3 is 5.97 Å². The summed E-state index contributed by atoms with van der Waals surface area (Å²) in [6.07, 6.45) is 0. The van der Waals surface area contributed by atoms with E-state index in [9.17, 15) is 9.18 Å². The number of halogens is 2. The summed E-state index contributed by atoms with van der Waals surface area (Å²) in [6, 6.07) is 4.49. The third-order valence-corrected chi connectivity index (χ3v) is 2.95. The summed E-state index contributed by atoms with van der Waals surface area (Å²) in [6.45, 7) is 1.94. The van der Waals surface area contributed by atoms with Crippen molar-refractivity contribution in [1.82, 2.24) is 15.2 Å². The van der Waals surface area contributed by atoms with Crippen LogP contribution < -0.4 is 0 Å². The van der Waals surface area contributed by atoms with Crippen molar-refractivity contribution in [3.63, 3.8) is 0 Å². The molecule has 0 bridgehead atoms. The van der Waals surface area contributed by atoms with Crippen LogP contribution >= 0.6 is 15.9 Å². The summed E-state index contributed by atoms with van der Waals surface area (Å²) < 4.78 is 18.4. The number of benzene rings is 1. The van der Waals surface area contributed by atoms with Gasteiger partial charge in [-0.3, -0.25) is 5.10 Å². The van der Waals surface area contributed by atoms with Crippen molar-refractivity contribution >= 4 is 21.9 Å². The number of H-pyrrole nitrogens is 1. The number of hydrogen-bond acceptors (Lipinski definition) is 4. The SMILES string of the molecule is CCOC(=O)c1nc(-c2cccc(F)c2Br)n[nH]1. The Morgan fingerprint density at radius 2 is 2.33 bits per heavy atom. The summed E-state index contributed by atoms with van der Waals surface area (Å²) in [5, 5.41) is 6.31. The van der Waals surface area contributed by atoms with Crippen LogP contribution in [0.25, 0.3) is 11.4 Å². The summed E-state index contributed by atoms with van der Waals surface area (Å²) in [4.78, 5) is 15.4. The van der Waals surface area contributed by atoms with Gasteiger partial charge in [-0.25, -0.2) is 14.2 Å². The number of nitrogens with zero attached hydrogens (tertiary/aromatic N) is 2. The molecule has 1 heterocycles. The van der Waals surface area contributed by atoms with Crippen molar-refractivity contribution < 1.29 is 13.9 Å². The number of aromatic nitrogens is 3.